The molecule has 2 unspecified atom stereocenters. The zero-order valence-electron chi connectivity index (χ0n) is 12.0. The van der Waals surface area contributed by atoms with Crippen molar-refractivity contribution in [3.05, 3.63) is 22.4 Å². The van der Waals surface area contributed by atoms with Crippen molar-refractivity contribution in [2.45, 2.75) is 37.8 Å². The van der Waals surface area contributed by atoms with Gasteiger partial charge in [-0.1, -0.05) is 6.07 Å². The van der Waals surface area contributed by atoms with Gasteiger partial charge in [-0.2, -0.15) is 0 Å². The fraction of sp³-hybridized carbons (Fsp3) is 0.667. The monoisotopic (exact) mass is 330 g/mol. The van der Waals surface area contributed by atoms with Gasteiger partial charge in [-0.05, 0) is 49.7 Å². The molecule has 2 fully saturated rings. The molecular weight excluding hydrogens is 308 g/mol. The molecule has 2 aliphatic rings. The van der Waals surface area contributed by atoms with E-state index < -0.39 is 6.10 Å². The molecule has 1 aromatic heterocycles. The fourth-order valence-electron chi connectivity index (χ4n) is 3.12. The van der Waals surface area contributed by atoms with E-state index in [1.165, 1.54) is 0 Å². The summed E-state index contributed by atoms with van der Waals surface area (Å²) in [6.07, 6.45) is 3.00. The SMILES string of the molecule is Cl.O=C(CC1CNC1)N1CCCC1CC(O)c1cccs1. The van der Waals surface area contributed by atoms with E-state index in [-0.39, 0.29) is 24.4 Å². The molecule has 2 N–H and O–H groups in total. The Balaban J connectivity index is 0.00000161. The molecule has 3 rings (SSSR count). The highest BCUT2D eigenvalue weighted by Crippen LogP contribution is 2.30. The number of carbonyl (C=O) groups excluding carboxylic acids is 1. The number of rotatable bonds is 5. The normalized spacial score (nSPS) is 23.5. The van der Waals surface area contributed by atoms with Crippen LogP contribution in [0.3, 0.4) is 0 Å². The Morgan fingerprint density at radius 1 is 1.52 bits per heavy atom. The maximum Gasteiger partial charge on any atom is 0.223 e. The zero-order valence-corrected chi connectivity index (χ0v) is 13.7. The van der Waals surface area contributed by atoms with Gasteiger partial charge >= 0.3 is 0 Å². The number of halogens is 1. The Labute approximate surface area is 135 Å². The van der Waals surface area contributed by atoms with Gasteiger partial charge in [0.2, 0.25) is 5.91 Å². The molecule has 3 heterocycles. The summed E-state index contributed by atoms with van der Waals surface area (Å²) in [5.74, 6) is 0.795. The number of hydrogen-bond acceptors (Lipinski definition) is 4. The van der Waals surface area contributed by atoms with Crippen molar-refractivity contribution in [1.82, 2.24) is 10.2 Å². The van der Waals surface area contributed by atoms with Crippen LogP contribution in [0, 0.1) is 5.92 Å². The minimum Gasteiger partial charge on any atom is -0.387 e. The molecule has 4 nitrogen and oxygen atoms in total. The Kier molecular flexibility index (Phi) is 6.05. The number of hydrogen-bond donors (Lipinski definition) is 2. The Hall–Kier alpha value is -0.620. The molecule has 2 aliphatic heterocycles. The summed E-state index contributed by atoms with van der Waals surface area (Å²) in [6.45, 7) is 2.81. The van der Waals surface area contributed by atoms with Gasteiger partial charge in [0.15, 0.2) is 0 Å². The lowest BCUT2D eigenvalue weighted by atomic mass is 9.98. The van der Waals surface area contributed by atoms with Crippen LogP contribution in [0.1, 0.15) is 36.7 Å². The molecule has 2 atom stereocenters. The van der Waals surface area contributed by atoms with Crippen LogP contribution in [0.15, 0.2) is 17.5 Å². The third-order valence-corrected chi connectivity index (χ3v) is 5.37. The first kappa shape index (κ1) is 16.7. The summed E-state index contributed by atoms with van der Waals surface area (Å²) >= 11 is 1.59. The topological polar surface area (TPSA) is 52.6 Å². The Morgan fingerprint density at radius 2 is 2.33 bits per heavy atom. The highest BCUT2D eigenvalue weighted by Gasteiger charge is 2.32. The Morgan fingerprint density at radius 3 is 2.95 bits per heavy atom. The van der Waals surface area contributed by atoms with E-state index in [1.54, 1.807) is 11.3 Å². The number of carbonyl (C=O) groups is 1. The maximum atomic E-state index is 12.3. The van der Waals surface area contributed by atoms with Crippen LogP contribution >= 0.6 is 23.7 Å². The second-order valence-electron chi connectivity index (χ2n) is 5.88. The van der Waals surface area contributed by atoms with Crippen molar-refractivity contribution >= 4 is 29.7 Å². The molecule has 0 bridgehead atoms. The van der Waals surface area contributed by atoms with Crippen molar-refractivity contribution in [3.8, 4) is 0 Å². The van der Waals surface area contributed by atoms with Gasteiger partial charge in [-0.15, -0.1) is 23.7 Å². The summed E-state index contributed by atoms with van der Waals surface area (Å²) in [4.78, 5) is 15.4. The molecule has 0 aromatic carbocycles. The molecule has 1 amide bonds. The van der Waals surface area contributed by atoms with Gasteiger partial charge in [0.25, 0.3) is 0 Å². The predicted molar refractivity (Wildman–Crippen MR) is 86.9 cm³/mol. The number of nitrogens with zero attached hydrogens (tertiary/aromatic N) is 1. The molecule has 0 aliphatic carbocycles. The molecule has 0 radical (unpaired) electrons. The summed E-state index contributed by atoms with van der Waals surface area (Å²) in [6, 6.07) is 4.15. The number of likely N-dealkylation sites (tertiary alicyclic amines) is 1. The fourth-order valence-corrected chi connectivity index (χ4v) is 3.85. The zero-order chi connectivity index (χ0) is 13.9. The average Bonchev–Trinajstić information content (AvgIpc) is 3.04. The number of aliphatic hydroxyl groups excluding tert-OH is 1. The third-order valence-electron chi connectivity index (χ3n) is 4.39. The molecule has 1 aromatic rings. The number of amides is 1. The van der Waals surface area contributed by atoms with E-state index >= 15 is 0 Å². The predicted octanol–water partition coefficient (Wildman–Crippen LogP) is 2.19. The number of thiophene rings is 1. The van der Waals surface area contributed by atoms with Crippen LogP contribution in [0.4, 0.5) is 0 Å². The van der Waals surface area contributed by atoms with Gasteiger partial charge in [0.1, 0.15) is 0 Å². The number of aliphatic hydroxyl groups is 1. The second-order valence-corrected chi connectivity index (χ2v) is 6.86. The Bertz CT molecular complexity index is 451. The van der Waals surface area contributed by atoms with Crippen molar-refractivity contribution in [2.75, 3.05) is 19.6 Å². The number of nitrogens with one attached hydrogen (secondary N) is 1. The molecular formula is C15H23ClN2O2S. The van der Waals surface area contributed by atoms with Crippen molar-refractivity contribution < 1.29 is 9.90 Å². The van der Waals surface area contributed by atoms with Crippen molar-refractivity contribution in [3.63, 3.8) is 0 Å². The highest BCUT2D eigenvalue weighted by molar-refractivity contribution is 7.10. The minimum atomic E-state index is -0.432. The molecule has 6 heteroatoms. The molecule has 118 valence electrons. The summed E-state index contributed by atoms with van der Waals surface area (Å²) in [5.41, 5.74) is 0. The van der Waals surface area contributed by atoms with Gasteiger partial charge in [-0.3, -0.25) is 4.79 Å². The third kappa shape index (κ3) is 3.97. The van der Waals surface area contributed by atoms with Crippen LogP contribution < -0.4 is 5.32 Å². The van der Waals surface area contributed by atoms with Crippen LogP contribution in [0.2, 0.25) is 0 Å². The first-order valence-electron chi connectivity index (χ1n) is 7.45. The lowest BCUT2D eigenvalue weighted by Crippen LogP contribution is -2.46. The van der Waals surface area contributed by atoms with E-state index in [0.717, 1.165) is 37.4 Å². The lowest BCUT2D eigenvalue weighted by molar-refractivity contribution is -0.133. The molecule has 21 heavy (non-hydrogen) atoms. The average molecular weight is 331 g/mol. The van der Waals surface area contributed by atoms with Crippen molar-refractivity contribution in [1.29, 1.82) is 0 Å². The van der Waals surface area contributed by atoms with Gasteiger partial charge in [-0.25, -0.2) is 0 Å². The lowest BCUT2D eigenvalue weighted by Gasteiger charge is -2.31. The molecule has 0 saturated carbocycles. The summed E-state index contributed by atoms with van der Waals surface area (Å²) in [5, 5.41) is 15.5. The van der Waals surface area contributed by atoms with Gasteiger partial charge in [0.05, 0.1) is 6.10 Å². The highest BCUT2D eigenvalue weighted by atomic mass is 35.5. The first-order valence-corrected chi connectivity index (χ1v) is 8.33. The summed E-state index contributed by atoms with van der Waals surface area (Å²) in [7, 11) is 0. The van der Waals surface area contributed by atoms with Crippen molar-refractivity contribution in [2.24, 2.45) is 5.92 Å². The smallest absolute Gasteiger partial charge is 0.223 e. The van der Waals surface area contributed by atoms with E-state index in [1.807, 2.05) is 22.4 Å². The maximum absolute atomic E-state index is 12.3. The molecule has 0 spiro atoms. The van der Waals surface area contributed by atoms with Crippen LogP contribution in [0.25, 0.3) is 0 Å². The largest absolute Gasteiger partial charge is 0.387 e. The standard InChI is InChI=1S/C15H22N2O2S.ClH/c18-13(14-4-2-6-20-14)8-12-3-1-5-17(12)15(19)7-11-9-16-10-11;/h2,4,6,11-13,16,18H,1,3,5,7-10H2;1H. The van der Waals surface area contributed by atoms with E-state index in [2.05, 4.69) is 5.32 Å². The second kappa shape index (κ2) is 7.58. The quantitative estimate of drug-likeness (QED) is 0.870. The minimum absolute atomic E-state index is 0. The molecule has 2 saturated heterocycles. The van der Waals surface area contributed by atoms with Gasteiger partial charge in [0, 0.05) is 23.9 Å². The first-order chi connectivity index (χ1) is 9.74. The van der Waals surface area contributed by atoms with E-state index in [9.17, 15) is 9.90 Å². The summed E-state index contributed by atoms with van der Waals surface area (Å²) < 4.78 is 0. The van der Waals surface area contributed by atoms with Crippen LogP contribution in [-0.2, 0) is 4.79 Å². The van der Waals surface area contributed by atoms with E-state index in [4.69, 9.17) is 0 Å². The van der Waals surface area contributed by atoms with Crippen LogP contribution in [0.5, 0.6) is 0 Å². The van der Waals surface area contributed by atoms with E-state index in [0.29, 0.717) is 18.8 Å². The van der Waals surface area contributed by atoms with Gasteiger partial charge < -0.3 is 15.3 Å². The van der Waals surface area contributed by atoms with Crippen LogP contribution in [-0.4, -0.2) is 41.6 Å².